The molecule has 0 aromatic carbocycles. The van der Waals surface area contributed by atoms with Gasteiger partial charge in [-0.25, -0.2) is 0 Å². The van der Waals surface area contributed by atoms with Gasteiger partial charge in [-0.3, -0.25) is 0 Å². The number of hydrogen-bond acceptors (Lipinski definition) is 2. The van der Waals surface area contributed by atoms with Crippen molar-refractivity contribution in [2.45, 2.75) is 71.3 Å². The fourth-order valence-corrected chi connectivity index (χ4v) is 2.22. The number of nitrogens with one attached hydrogen (secondary N) is 1. The maximum absolute atomic E-state index is 3.94. The second-order valence-electron chi connectivity index (χ2n) is 5.60. The van der Waals surface area contributed by atoms with Crippen molar-refractivity contribution >= 4 is 0 Å². The first-order chi connectivity index (χ1) is 9.24. The molecule has 0 aliphatic rings. The summed E-state index contributed by atoms with van der Waals surface area (Å²) in [6, 6.07) is 0.501. The summed E-state index contributed by atoms with van der Waals surface area (Å²) in [5.74, 6) is 0. The van der Waals surface area contributed by atoms with Gasteiger partial charge in [0.15, 0.2) is 0 Å². The summed E-state index contributed by atoms with van der Waals surface area (Å²) in [6.45, 7) is 11.7. The third kappa shape index (κ3) is 12.4. The molecule has 0 heterocycles. The van der Waals surface area contributed by atoms with Crippen molar-refractivity contribution in [1.29, 1.82) is 0 Å². The summed E-state index contributed by atoms with van der Waals surface area (Å²) in [7, 11) is 2.17. The fourth-order valence-electron chi connectivity index (χ4n) is 2.22. The fraction of sp³-hybridized carbons (Fsp3) is 0.882. The minimum Gasteiger partial charge on any atom is -0.309 e. The first-order valence-corrected chi connectivity index (χ1v) is 8.29. The zero-order chi connectivity index (χ0) is 14.3. The van der Waals surface area contributed by atoms with Crippen molar-refractivity contribution in [3.63, 3.8) is 0 Å². The third-order valence-electron chi connectivity index (χ3n) is 3.84. The van der Waals surface area contributed by atoms with Gasteiger partial charge in [0.05, 0.1) is 0 Å². The molecule has 19 heavy (non-hydrogen) atoms. The molecule has 0 aliphatic heterocycles. The van der Waals surface area contributed by atoms with Crippen molar-refractivity contribution in [1.82, 2.24) is 10.2 Å². The summed E-state index contributed by atoms with van der Waals surface area (Å²) < 4.78 is 0. The molecule has 0 aliphatic carbocycles. The van der Waals surface area contributed by atoms with Crippen LogP contribution in [0.5, 0.6) is 0 Å². The van der Waals surface area contributed by atoms with Crippen LogP contribution >= 0.6 is 0 Å². The van der Waals surface area contributed by atoms with Gasteiger partial charge in [-0.2, -0.15) is 0 Å². The monoisotopic (exact) mass is 268 g/mol. The van der Waals surface area contributed by atoms with E-state index in [1.165, 1.54) is 51.4 Å². The lowest BCUT2D eigenvalue weighted by molar-refractivity contribution is 0.342. The van der Waals surface area contributed by atoms with E-state index in [1.54, 1.807) is 0 Å². The Morgan fingerprint density at radius 1 is 1.05 bits per heavy atom. The minimum atomic E-state index is 0.501. The Balaban J connectivity index is 3.41. The third-order valence-corrected chi connectivity index (χ3v) is 3.84. The molecule has 0 bridgehead atoms. The molecule has 0 aromatic heterocycles. The highest BCUT2D eigenvalue weighted by atomic mass is 15.1. The lowest BCUT2D eigenvalue weighted by Gasteiger charge is -2.18. The standard InChI is InChI=1S/C17H36N2/c1-5-8-9-10-11-12-13-14-17(6-2)18-15-16-19(4)7-3/h6,17-18H,2,5,7-16H2,1,3-4H3. The summed E-state index contributed by atoms with van der Waals surface area (Å²) in [5, 5.41) is 3.59. The first-order valence-electron chi connectivity index (χ1n) is 8.29. The summed E-state index contributed by atoms with van der Waals surface area (Å²) in [5.41, 5.74) is 0. The topological polar surface area (TPSA) is 15.3 Å². The maximum atomic E-state index is 3.94. The molecule has 0 saturated heterocycles. The van der Waals surface area contributed by atoms with E-state index in [1.807, 2.05) is 0 Å². The van der Waals surface area contributed by atoms with Gasteiger partial charge in [-0.15, -0.1) is 6.58 Å². The molecular formula is C17H36N2. The van der Waals surface area contributed by atoms with Gasteiger partial charge in [-0.05, 0) is 20.0 Å². The number of hydrogen-bond donors (Lipinski definition) is 1. The van der Waals surface area contributed by atoms with E-state index in [2.05, 4.69) is 43.8 Å². The van der Waals surface area contributed by atoms with Crippen molar-refractivity contribution in [3.05, 3.63) is 12.7 Å². The van der Waals surface area contributed by atoms with E-state index in [0.717, 1.165) is 19.6 Å². The first kappa shape index (κ1) is 18.7. The maximum Gasteiger partial charge on any atom is 0.0247 e. The molecular weight excluding hydrogens is 232 g/mol. The van der Waals surface area contributed by atoms with Crippen LogP contribution in [0.15, 0.2) is 12.7 Å². The number of nitrogens with zero attached hydrogens (tertiary/aromatic N) is 1. The summed E-state index contributed by atoms with van der Waals surface area (Å²) in [4.78, 5) is 2.33. The molecule has 0 radical (unpaired) electrons. The zero-order valence-corrected chi connectivity index (χ0v) is 13.6. The lowest BCUT2D eigenvalue weighted by atomic mass is 10.1. The van der Waals surface area contributed by atoms with Gasteiger partial charge >= 0.3 is 0 Å². The van der Waals surface area contributed by atoms with Crippen LogP contribution in [0.4, 0.5) is 0 Å². The molecule has 0 spiro atoms. The number of unbranched alkanes of at least 4 members (excludes halogenated alkanes) is 6. The Kier molecular flexibility index (Phi) is 13.8. The van der Waals surface area contributed by atoms with Gasteiger partial charge in [0.2, 0.25) is 0 Å². The predicted octanol–water partition coefficient (Wildman–Crippen LogP) is 4.22. The Hall–Kier alpha value is -0.340. The largest absolute Gasteiger partial charge is 0.309 e. The zero-order valence-electron chi connectivity index (χ0n) is 13.6. The van der Waals surface area contributed by atoms with E-state index in [-0.39, 0.29) is 0 Å². The van der Waals surface area contributed by atoms with Crippen LogP contribution in [0.3, 0.4) is 0 Å². The van der Waals surface area contributed by atoms with Crippen LogP contribution < -0.4 is 5.32 Å². The molecule has 1 N–H and O–H groups in total. The van der Waals surface area contributed by atoms with E-state index < -0.39 is 0 Å². The van der Waals surface area contributed by atoms with Crippen LogP contribution in [-0.4, -0.2) is 37.6 Å². The van der Waals surface area contributed by atoms with E-state index in [4.69, 9.17) is 0 Å². The summed E-state index contributed by atoms with van der Waals surface area (Å²) in [6.07, 6.45) is 13.0. The Bertz CT molecular complexity index is 192. The Morgan fingerprint density at radius 3 is 2.26 bits per heavy atom. The van der Waals surface area contributed by atoms with E-state index in [0.29, 0.717) is 6.04 Å². The van der Waals surface area contributed by atoms with Gasteiger partial charge in [0.25, 0.3) is 0 Å². The molecule has 114 valence electrons. The quantitative estimate of drug-likeness (QED) is 0.375. The molecule has 0 amide bonds. The number of rotatable bonds is 14. The molecule has 0 aromatic rings. The highest BCUT2D eigenvalue weighted by Gasteiger charge is 2.03. The highest BCUT2D eigenvalue weighted by Crippen LogP contribution is 2.10. The van der Waals surface area contributed by atoms with Gasteiger partial charge in [0.1, 0.15) is 0 Å². The average molecular weight is 268 g/mol. The Morgan fingerprint density at radius 2 is 1.68 bits per heavy atom. The van der Waals surface area contributed by atoms with Crippen molar-refractivity contribution in [2.75, 3.05) is 26.7 Å². The van der Waals surface area contributed by atoms with Gasteiger partial charge < -0.3 is 10.2 Å². The van der Waals surface area contributed by atoms with Crippen molar-refractivity contribution in [3.8, 4) is 0 Å². The minimum absolute atomic E-state index is 0.501. The molecule has 2 nitrogen and oxygen atoms in total. The summed E-state index contributed by atoms with van der Waals surface area (Å²) >= 11 is 0. The SMILES string of the molecule is C=CC(CCCCCCCCC)NCCN(C)CC. The van der Waals surface area contributed by atoms with Crippen LogP contribution in [0, 0.1) is 0 Å². The normalized spacial score (nSPS) is 12.8. The van der Waals surface area contributed by atoms with Crippen molar-refractivity contribution in [2.24, 2.45) is 0 Å². The lowest BCUT2D eigenvalue weighted by Crippen LogP contribution is -2.34. The molecule has 0 saturated carbocycles. The van der Waals surface area contributed by atoms with Gasteiger partial charge in [0, 0.05) is 19.1 Å². The molecule has 1 unspecified atom stereocenters. The van der Waals surface area contributed by atoms with Gasteiger partial charge in [-0.1, -0.05) is 64.9 Å². The average Bonchev–Trinajstić information content (AvgIpc) is 2.44. The Labute approximate surface area is 121 Å². The smallest absolute Gasteiger partial charge is 0.0247 e. The number of likely N-dealkylation sites (N-methyl/N-ethyl adjacent to an activating group) is 1. The molecule has 0 rings (SSSR count). The van der Waals surface area contributed by atoms with Crippen LogP contribution in [0.25, 0.3) is 0 Å². The predicted molar refractivity (Wildman–Crippen MR) is 87.8 cm³/mol. The second-order valence-corrected chi connectivity index (χ2v) is 5.60. The molecule has 2 heteroatoms. The van der Waals surface area contributed by atoms with Crippen LogP contribution in [0.1, 0.15) is 65.2 Å². The van der Waals surface area contributed by atoms with Crippen LogP contribution in [0.2, 0.25) is 0 Å². The molecule has 1 atom stereocenters. The second kappa shape index (κ2) is 14.1. The highest BCUT2D eigenvalue weighted by molar-refractivity contribution is 4.85. The van der Waals surface area contributed by atoms with E-state index >= 15 is 0 Å². The molecule has 0 fully saturated rings. The van der Waals surface area contributed by atoms with Crippen LogP contribution in [-0.2, 0) is 0 Å². The van der Waals surface area contributed by atoms with Crippen molar-refractivity contribution < 1.29 is 0 Å². The van der Waals surface area contributed by atoms with E-state index in [9.17, 15) is 0 Å².